The summed E-state index contributed by atoms with van der Waals surface area (Å²) >= 11 is 0. The predicted molar refractivity (Wildman–Crippen MR) is 160 cm³/mol. The number of aryl methyl sites for hydroxylation is 2. The molecule has 2 aromatic carbocycles. The standard InChI is InChI=1S/C34H46O6/c1-11-20-37-30(35)33(10,13-3)40-29-19-17-27(23-25(29)7)32(8,9)26-16-18-28(24(6)22-26)39-31(36)34(14-4,15-5)38-21-12-2/h11-12,16-19,22-23H,1-2,13-15,20-21H2,3-10H3. The molecule has 0 saturated heterocycles. The number of carbonyl (C=O) groups excluding carboxylic acids is 2. The normalized spacial score (nSPS) is 13.2. The second-order valence-electron chi connectivity index (χ2n) is 10.8. The quantitative estimate of drug-likeness (QED) is 0.129. The van der Waals surface area contributed by atoms with Crippen LogP contribution in [0.4, 0.5) is 0 Å². The molecule has 6 heteroatoms. The lowest BCUT2D eigenvalue weighted by molar-refractivity contribution is -0.162. The summed E-state index contributed by atoms with van der Waals surface area (Å²) in [6, 6.07) is 11.9. The number of hydrogen-bond acceptors (Lipinski definition) is 6. The van der Waals surface area contributed by atoms with E-state index in [9.17, 15) is 9.59 Å². The summed E-state index contributed by atoms with van der Waals surface area (Å²) in [6.45, 7) is 23.4. The molecular formula is C34H46O6. The number of benzene rings is 2. The number of rotatable bonds is 15. The van der Waals surface area contributed by atoms with E-state index < -0.39 is 23.1 Å². The second kappa shape index (κ2) is 13.8. The molecule has 0 fully saturated rings. The van der Waals surface area contributed by atoms with Crippen molar-refractivity contribution in [2.75, 3.05) is 13.2 Å². The molecule has 0 saturated carbocycles. The molecule has 0 amide bonds. The van der Waals surface area contributed by atoms with Gasteiger partial charge in [0.15, 0.2) is 5.60 Å². The van der Waals surface area contributed by atoms with Crippen LogP contribution in [0.2, 0.25) is 0 Å². The minimum absolute atomic E-state index is 0.141. The smallest absolute Gasteiger partial charge is 0.350 e. The van der Waals surface area contributed by atoms with Gasteiger partial charge in [-0.1, -0.05) is 77.6 Å². The Morgan fingerprint density at radius 3 is 1.75 bits per heavy atom. The fraction of sp³-hybridized carbons (Fsp3) is 0.471. The molecule has 40 heavy (non-hydrogen) atoms. The third-order valence-corrected chi connectivity index (χ3v) is 7.76. The highest BCUT2D eigenvalue weighted by molar-refractivity contribution is 5.82. The molecule has 0 heterocycles. The van der Waals surface area contributed by atoms with E-state index in [1.165, 1.54) is 6.08 Å². The van der Waals surface area contributed by atoms with Gasteiger partial charge in [0.05, 0.1) is 6.61 Å². The number of hydrogen-bond donors (Lipinski definition) is 0. The second-order valence-corrected chi connectivity index (χ2v) is 10.8. The number of carbonyl (C=O) groups is 2. The molecule has 1 unspecified atom stereocenters. The zero-order chi connectivity index (χ0) is 30.1. The van der Waals surface area contributed by atoms with Crippen LogP contribution < -0.4 is 9.47 Å². The van der Waals surface area contributed by atoms with Crippen LogP contribution in [0.5, 0.6) is 11.5 Å². The van der Waals surface area contributed by atoms with Gasteiger partial charge in [-0.25, -0.2) is 9.59 Å². The van der Waals surface area contributed by atoms with E-state index in [4.69, 9.17) is 18.9 Å². The minimum atomic E-state index is -1.10. The first-order valence-corrected chi connectivity index (χ1v) is 14.0. The first kappa shape index (κ1) is 32.8. The van der Waals surface area contributed by atoms with Gasteiger partial charge < -0.3 is 18.9 Å². The van der Waals surface area contributed by atoms with E-state index in [0.29, 0.717) is 30.8 Å². The van der Waals surface area contributed by atoms with Gasteiger partial charge in [0, 0.05) is 5.41 Å². The van der Waals surface area contributed by atoms with E-state index in [-0.39, 0.29) is 18.6 Å². The molecule has 0 aliphatic rings. The van der Waals surface area contributed by atoms with Crippen LogP contribution in [-0.2, 0) is 24.5 Å². The Labute approximate surface area is 240 Å². The van der Waals surface area contributed by atoms with Crippen LogP contribution in [0.25, 0.3) is 0 Å². The Kier molecular flexibility index (Phi) is 11.3. The monoisotopic (exact) mass is 550 g/mol. The Hall–Kier alpha value is -3.38. The maximum Gasteiger partial charge on any atom is 0.350 e. The van der Waals surface area contributed by atoms with Crippen LogP contribution in [0.15, 0.2) is 61.7 Å². The third kappa shape index (κ3) is 7.22. The van der Waals surface area contributed by atoms with E-state index in [1.54, 1.807) is 13.0 Å². The van der Waals surface area contributed by atoms with Gasteiger partial charge in [-0.2, -0.15) is 0 Å². The first-order valence-electron chi connectivity index (χ1n) is 14.0. The van der Waals surface area contributed by atoms with Gasteiger partial charge >= 0.3 is 11.9 Å². The summed E-state index contributed by atoms with van der Waals surface area (Å²) in [4.78, 5) is 25.7. The van der Waals surface area contributed by atoms with Crippen molar-refractivity contribution in [2.24, 2.45) is 0 Å². The van der Waals surface area contributed by atoms with Crippen LogP contribution in [0.1, 0.15) is 83.1 Å². The fourth-order valence-electron chi connectivity index (χ4n) is 4.47. The maximum absolute atomic E-state index is 13.1. The molecule has 2 aromatic rings. The summed E-state index contributed by atoms with van der Waals surface area (Å²) in [5, 5.41) is 0. The highest BCUT2D eigenvalue weighted by atomic mass is 16.6. The largest absolute Gasteiger partial charge is 0.476 e. The number of esters is 2. The first-order chi connectivity index (χ1) is 18.8. The van der Waals surface area contributed by atoms with Crippen molar-refractivity contribution in [2.45, 2.75) is 91.3 Å². The molecule has 2 rings (SSSR count). The summed E-state index contributed by atoms with van der Waals surface area (Å²) in [7, 11) is 0. The average molecular weight is 551 g/mol. The van der Waals surface area contributed by atoms with E-state index in [2.05, 4.69) is 39.1 Å². The highest BCUT2D eigenvalue weighted by Crippen LogP contribution is 2.37. The average Bonchev–Trinajstić information content (AvgIpc) is 2.94. The molecule has 1 atom stereocenters. The van der Waals surface area contributed by atoms with Gasteiger partial charge in [-0.05, 0) is 74.4 Å². The topological polar surface area (TPSA) is 71.1 Å². The van der Waals surface area contributed by atoms with Crippen molar-refractivity contribution in [1.82, 2.24) is 0 Å². The van der Waals surface area contributed by atoms with Crippen molar-refractivity contribution < 1.29 is 28.5 Å². The summed E-state index contributed by atoms with van der Waals surface area (Å²) in [6.07, 6.45) is 4.65. The molecule has 0 bridgehead atoms. The van der Waals surface area contributed by atoms with E-state index >= 15 is 0 Å². The Morgan fingerprint density at radius 2 is 1.30 bits per heavy atom. The Morgan fingerprint density at radius 1 is 0.775 bits per heavy atom. The highest BCUT2D eigenvalue weighted by Gasteiger charge is 2.39. The molecule has 0 aliphatic carbocycles. The van der Waals surface area contributed by atoms with E-state index in [1.807, 2.05) is 58.9 Å². The van der Waals surface area contributed by atoms with Crippen LogP contribution in [-0.4, -0.2) is 36.4 Å². The summed E-state index contributed by atoms with van der Waals surface area (Å²) in [5.74, 6) is 0.331. The van der Waals surface area contributed by atoms with Gasteiger partial charge in [0.1, 0.15) is 18.1 Å². The summed E-state index contributed by atoms with van der Waals surface area (Å²) in [5.41, 5.74) is 1.48. The SMILES string of the molecule is C=CCOC(=O)C(C)(CC)Oc1ccc(C(C)(C)c2ccc(OC(=O)C(CC)(CC)OCC=C)c(C)c2)cc1C. The molecule has 0 spiro atoms. The van der Waals surface area contributed by atoms with Crippen molar-refractivity contribution >= 4 is 11.9 Å². The van der Waals surface area contributed by atoms with E-state index in [0.717, 1.165) is 22.3 Å². The van der Waals surface area contributed by atoms with Gasteiger partial charge in [0.2, 0.25) is 5.60 Å². The molecule has 0 N–H and O–H groups in total. The van der Waals surface area contributed by atoms with Crippen LogP contribution >= 0.6 is 0 Å². The van der Waals surface area contributed by atoms with Crippen molar-refractivity contribution in [3.05, 3.63) is 84.0 Å². The zero-order valence-corrected chi connectivity index (χ0v) is 25.5. The predicted octanol–water partition coefficient (Wildman–Crippen LogP) is 7.57. The van der Waals surface area contributed by atoms with Crippen LogP contribution in [0, 0.1) is 13.8 Å². The Bertz CT molecular complexity index is 1210. The minimum Gasteiger partial charge on any atom is -0.476 e. The molecule has 218 valence electrons. The molecule has 6 nitrogen and oxygen atoms in total. The molecular weight excluding hydrogens is 504 g/mol. The Balaban J connectivity index is 2.30. The van der Waals surface area contributed by atoms with Gasteiger partial charge in [-0.15, -0.1) is 6.58 Å². The van der Waals surface area contributed by atoms with Crippen molar-refractivity contribution in [1.29, 1.82) is 0 Å². The molecule has 0 radical (unpaired) electrons. The third-order valence-electron chi connectivity index (χ3n) is 7.76. The van der Waals surface area contributed by atoms with Crippen molar-refractivity contribution in [3.8, 4) is 11.5 Å². The molecule has 0 aliphatic heterocycles. The van der Waals surface area contributed by atoms with Gasteiger partial charge in [0.25, 0.3) is 0 Å². The lowest BCUT2D eigenvalue weighted by atomic mass is 9.77. The lowest BCUT2D eigenvalue weighted by Crippen LogP contribution is -2.43. The molecule has 0 aromatic heterocycles. The maximum atomic E-state index is 13.1. The number of ether oxygens (including phenoxy) is 4. The fourth-order valence-corrected chi connectivity index (χ4v) is 4.47. The summed E-state index contributed by atoms with van der Waals surface area (Å²) < 4.78 is 23.1. The lowest BCUT2D eigenvalue weighted by Gasteiger charge is -2.31. The zero-order valence-electron chi connectivity index (χ0n) is 25.5. The van der Waals surface area contributed by atoms with Gasteiger partial charge in [-0.3, -0.25) is 0 Å². The van der Waals surface area contributed by atoms with Crippen LogP contribution in [0.3, 0.4) is 0 Å². The van der Waals surface area contributed by atoms with Crippen molar-refractivity contribution in [3.63, 3.8) is 0 Å².